The highest BCUT2D eigenvalue weighted by Gasteiger charge is 2.27. The van der Waals surface area contributed by atoms with Crippen LogP contribution < -0.4 is 5.32 Å². The lowest BCUT2D eigenvalue weighted by Crippen LogP contribution is -2.30. The number of nitrogens with one attached hydrogen (secondary N) is 2. The van der Waals surface area contributed by atoms with Crippen molar-refractivity contribution in [1.29, 1.82) is 0 Å². The summed E-state index contributed by atoms with van der Waals surface area (Å²) in [6, 6.07) is 2.01. The third-order valence-electron chi connectivity index (χ3n) is 5.31. The lowest BCUT2D eigenvalue weighted by molar-refractivity contribution is -0.120. The Bertz CT molecular complexity index is 710. The lowest BCUT2D eigenvalue weighted by atomic mass is 9.95. The molecule has 0 spiro atoms. The Morgan fingerprint density at radius 2 is 2.17 bits per heavy atom. The van der Waals surface area contributed by atoms with E-state index in [1.165, 1.54) is 25.7 Å². The Balaban J connectivity index is 1.40. The number of anilines is 1. The molecule has 2 aromatic heterocycles. The van der Waals surface area contributed by atoms with E-state index < -0.39 is 0 Å². The van der Waals surface area contributed by atoms with Crippen LogP contribution in [0, 0.1) is 12.8 Å². The molecule has 1 atom stereocenters. The molecule has 2 aromatic rings. The van der Waals surface area contributed by atoms with E-state index in [1.807, 2.05) is 19.2 Å². The highest BCUT2D eigenvalue weighted by atomic mass is 16.2. The van der Waals surface area contributed by atoms with Crippen molar-refractivity contribution in [3.8, 4) is 0 Å². The molecule has 0 radical (unpaired) electrons. The van der Waals surface area contributed by atoms with Crippen molar-refractivity contribution in [1.82, 2.24) is 19.7 Å². The smallest absolute Gasteiger partial charge is 0.229 e. The first-order valence-electron chi connectivity index (χ1n) is 8.58. The SMILES string of the molecule is Cc1ncc2n1CCC(C(=O)Nc1cc(C3CCCC3)[nH]n1)C2. The first-order chi connectivity index (χ1) is 11.2. The lowest BCUT2D eigenvalue weighted by Gasteiger charge is -2.23. The monoisotopic (exact) mass is 313 g/mol. The van der Waals surface area contributed by atoms with Crippen LogP contribution in [0.15, 0.2) is 12.3 Å². The fraction of sp³-hybridized carbons (Fsp3) is 0.588. The summed E-state index contributed by atoms with van der Waals surface area (Å²) in [6.45, 7) is 2.88. The molecule has 1 saturated carbocycles. The predicted octanol–water partition coefficient (Wildman–Crippen LogP) is 2.77. The maximum atomic E-state index is 12.5. The number of aromatic amines is 1. The predicted molar refractivity (Wildman–Crippen MR) is 87.2 cm³/mol. The molecular formula is C17H23N5O. The van der Waals surface area contributed by atoms with Crippen molar-refractivity contribution < 1.29 is 4.79 Å². The number of carbonyl (C=O) groups is 1. The van der Waals surface area contributed by atoms with E-state index in [2.05, 4.69) is 25.1 Å². The number of carbonyl (C=O) groups excluding carboxylic acids is 1. The number of rotatable bonds is 3. The topological polar surface area (TPSA) is 75.6 Å². The van der Waals surface area contributed by atoms with E-state index in [0.29, 0.717) is 11.7 Å². The summed E-state index contributed by atoms with van der Waals surface area (Å²) in [4.78, 5) is 16.9. The van der Waals surface area contributed by atoms with Crippen LogP contribution in [-0.2, 0) is 17.8 Å². The molecule has 3 heterocycles. The average molecular weight is 313 g/mol. The van der Waals surface area contributed by atoms with Crippen LogP contribution in [0.4, 0.5) is 5.82 Å². The molecule has 4 rings (SSSR count). The molecule has 6 heteroatoms. The standard InChI is InChI=1S/C17H23N5O/c1-11-18-10-14-8-13(6-7-22(11)14)17(23)19-16-9-15(20-21-16)12-4-2-3-5-12/h9-10,12-13H,2-8H2,1H3,(H2,19,20,21,23). The number of nitrogens with zero attached hydrogens (tertiary/aromatic N) is 3. The fourth-order valence-electron chi connectivity index (χ4n) is 3.92. The summed E-state index contributed by atoms with van der Waals surface area (Å²) in [7, 11) is 0. The maximum absolute atomic E-state index is 12.5. The number of amides is 1. The molecule has 1 aliphatic carbocycles. The van der Waals surface area contributed by atoms with Crippen LogP contribution in [-0.4, -0.2) is 25.7 Å². The quantitative estimate of drug-likeness (QED) is 0.915. The molecule has 1 unspecified atom stereocenters. The second-order valence-electron chi connectivity index (χ2n) is 6.82. The van der Waals surface area contributed by atoms with Crippen LogP contribution in [0.25, 0.3) is 0 Å². The minimum Gasteiger partial charge on any atom is -0.332 e. The van der Waals surface area contributed by atoms with Crippen LogP contribution in [0.1, 0.15) is 55.2 Å². The summed E-state index contributed by atoms with van der Waals surface area (Å²) in [5, 5.41) is 10.3. The van der Waals surface area contributed by atoms with Gasteiger partial charge < -0.3 is 9.88 Å². The first kappa shape index (κ1) is 14.5. The number of aryl methyl sites for hydroxylation is 1. The van der Waals surface area contributed by atoms with Gasteiger partial charge in [0.05, 0.1) is 0 Å². The number of H-pyrrole nitrogens is 1. The number of fused-ring (bicyclic) bond motifs is 1. The third-order valence-corrected chi connectivity index (χ3v) is 5.31. The van der Waals surface area contributed by atoms with Gasteiger partial charge in [0, 0.05) is 48.5 Å². The molecule has 1 fully saturated rings. The van der Waals surface area contributed by atoms with Gasteiger partial charge in [-0.2, -0.15) is 5.10 Å². The highest BCUT2D eigenvalue weighted by molar-refractivity contribution is 5.91. The molecule has 0 aromatic carbocycles. The van der Waals surface area contributed by atoms with Crippen LogP contribution >= 0.6 is 0 Å². The summed E-state index contributed by atoms with van der Waals surface area (Å²) >= 11 is 0. The molecule has 0 saturated heterocycles. The number of aromatic nitrogens is 4. The third kappa shape index (κ3) is 2.78. The first-order valence-corrected chi connectivity index (χ1v) is 8.58. The number of imidazole rings is 1. The van der Waals surface area contributed by atoms with Crippen molar-refractivity contribution in [3.63, 3.8) is 0 Å². The largest absolute Gasteiger partial charge is 0.332 e. The molecule has 1 aliphatic heterocycles. The number of hydrogen-bond donors (Lipinski definition) is 2. The van der Waals surface area contributed by atoms with Crippen LogP contribution in [0.5, 0.6) is 0 Å². The van der Waals surface area contributed by atoms with Gasteiger partial charge in [-0.3, -0.25) is 9.89 Å². The molecule has 0 bridgehead atoms. The van der Waals surface area contributed by atoms with Gasteiger partial charge in [0.25, 0.3) is 0 Å². The Hall–Kier alpha value is -2.11. The van der Waals surface area contributed by atoms with Crippen molar-refractivity contribution in [2.45, 2.75) is 57.9 Å². The Morgan fingerprint density at radius 1 is 1.35 bits per heavy atom. The van der Waals surface area contributed by atoms with Crippen LogP contribution in [0.2, 0.25) is 0 Å². The van der Waals surface area contributed by atoms with E-state index >= 15 is 0 Å². The van der Waals surface area contributed by atoms with Crippen molar-refractivity contribution in [3.05, 3.63) is 29.5 Å². The second kappa shape index (κ2) is 5.83. The van der Waals surface area contributed by atoms with E-state index in [1.54, 1.807) is 0 Å². The maximum Gasteiger partial charge on any atom is 0.229 e. The zero-order valence-electron chi connectivity index (χ0n) is 13.5. The normalized spacial score (nSPS) is 21.3. The molecular weight excluding hydrogens is 290 g/mol. The van der Waals surface area contributed by atoms with E-state index in [9.17, 15) is 4.79 Å². The summed E-state index contributed by atoms with van der Waals surface area (Å²) < 4.78 is 2.20. The molecule has 122 valence electrons. The average Bonchev–Trinajstić information content (AvgIpc) is 3.28. The van der Waals surface area contributed by atoms with Crippen molar-refractivity contribution in [2.75, 3.05) is 5.32 Å². The van der Waals surface area contributed by atoms with Gasteiger partial charge in [0.15, 0.2) is 5.82 Å². The Labute approximate surface area is 135 Å². The van der Waals surface area contributed by atoms with Crippen LogP contribution in [0.3, 0.4) is 0 Å². The summed E-state index contributed by atoms with van der Waals surface area (Å²) in [5.41, 5.74) is 2.32. The van der Waals surface area contributed by atoms with E-state index in [0.717, 1.165) is 36.6 Å². The fourth-order valence-corrected chi connectivity index (χ4v) is 3.92. The molecule has 2 aliphatic rings. The number of hydrogen-bond acceptors (Lipinski definition) is 3. The van der Waals surface area contributed by atoms with Crippen molar-refractivity contribution >= 4 is 11.7 Å². The molecule has 6 nitrogen and oxygen atoms in total. The zero-order valence-corrected chi connectivity index (χ0v) is 13.5. The van der Waals surface area contributed by atoms with Gasteiger partial charge in [-0.05, 0) is 26.2 Å². The van der Waals surface area contributed by atoms with Gasteiger partial charge in [-0.1, -0.05) is 12.8 Å². The minimum absolute atomic E-state index is 0.00484. The molecule has 1 amide bonds. The van der Waals surface area contributed by atoms with E-state index in [4.69, 9.17) is 0 Å². The second-order valence-corrected chi connectivity index (χ2v) is 6.82. The van der Waals surface area contributed by atoms with Gasteiger partial charge in [-0.25, -0.2) is 4.98 Å². The zero-order chi connectivity index (χ0) is 15.8. The van der Waals surface area contributed by atoms with Crippen molar-refractivity contribution in [2.24, 2.45) is 5.92 Å². The van der Waals surface area contributed by atoms with Gasteiger partial charge in [0.1, 0.15) is 5.82 Å². The Morgan fingerprint density at radius 3 is 3.00 bits per heavy atom. The van der Waals surface area contributed by atoms with Gasteiger partial charge >= 0.3 is 0 Å². The summed E-state index contributed by atoms with van der Waals surface area (Å²) in [5.74, 6) is 2.35. The molecule has 23 heavy (non-hydrogen) atoms. The summed E-state index contributed by atoms with van der Waals surface area (Å²) in [6.07, 6.45) is 8.54. The molecule has 2 N–H and O–H groups in total. The Kier molecular flexibility index (Phi) is 3.67. The van der Waals surface area contributed by atoms with Gasteiger partial charge in [-0.15, -0.1) is 0 Å². The van der Waals surface area contributed by atoms with E-state index in [-0.39, 0.29) is 11.8 Å². The minimum atomic E-state index is 0.00484. The van der Waals surface area contributed by atoms with Gasteiger partial charge in [0.2, 0.25) is 5.91 Å². The highest BCUT2D eigenvalue weighted by Crippen LogP contribution is 2.33.